The van der Waals surface area contributed by atoms with Crippen LogP contribution < -0.4 is 0 Å². The number of nitrogens with zero attached hydrogens (tertiary/aromatic N) is 1. The van der Waals surface area contributed by atoms with Crippen molar-refractivity contribution in [1.29, 1.82) is 0 Å². The third-order valence-electron chi connectivity index (χ3n) is 4.14. The summed E-state index contributed by atoms with van der Waals surface area (Å²) in [7, 11) is 0. The Morgan fingerprint density at radius 1 is 1.19 bits per heavy atom. The molecule has 0 fully saturated rings. The molecule has 1 amide bonds. The van der Waals surface area contributed by atoms with Gasteiger partial charge < -0.3 is 4.74 Å². The average Bonchev–Trinajstić information content (AvgIpc) is 2.55. The van der Waals surface area contributed by atoms with Crippen LogP contribution in [-0.4, -0.2) is 22.6 Å². The standard InChI is InChI=1S/C18H23NO2/c1-18(2,3)21-17(20)19-14-9-5-7-11-16(19)15-10-6-4-8-13(15)12-14/h4-8,10,14,16H,9,11-12H2,1-3H3. The Bertz CT molecular complexity index is 571. The van der Waals surface area contributed by atoms with Crippen LogP contribution in [0.15, 0.2) is 36.4 Å². The van der Waals surface area contributed by atoms with Gasteiger partial charge in [-0.1, -0.05) is 36.4 Å². The monoisotopic (exact) mass is 285 g/mol. The number of carbonyl (C=O) groups is 1. The number of hydrogen-bond donors (Lipinski definition) is 0. The first-order chi connectivity index (χ1) is 9.96. The average molecular weight is 285 g/mol. The summed E-state index contributed by atoms with van der Waals surface area (Å²) in [5.41, 5.74) is 2.19. The third kappa shape index (κ3) is 2.82. The molecule has 0 saturated carbocycles. The molecule has 0 spiro atoms. The molecule has 2 atom stereocenters. The molecule has 0 N–H and O–H groups in total. The van der Waals surface area contributed by atoms with E-state index in [2.05, 4.69) is 36.4 Å². The molecule has 0 aliphatic carbocycles. The van der Waals surface area contributed by atoms with Gasteiger partial charge in [0.25, 0.3) is 0 Å². The van der Waals surface area contributed by atoms with Gasteiger partial charge in [0, 0.05) is 6.04 Å². The minimum Gasteiger partial charge on any atom is -0.444 e. The minimum atomic E-state index is -0.454. The van der Waals surface area contributed by atoms with E-state index in [4.69, 9.17) is 4.74 Å². The zero-order valence-electron chi connectivity index (χ0n) is 13.0. The normalized spacial score (nSPS) is 24.2. The van der Waals surface area contributed by atoms with Crippen LogP contribution in [0.5, 0.6) is 0 Å². The van der Waals surface area contributed by atoms with Gasteiger partial charge in [0.2, 0.25) is 0 Å². The number of fused-ring (bicyclic) bond motifs is 4. The van der Waals surface area contributed by atoms with E-state index < -0.39 is 5.60 Å². The van der Waals surface area contributed by atoms with Crippen LogP contribution in [0.4, 0.5) is 4.79 Å². The van der Waals surface area contributed by atoms with Gasteiger partial charge in [0.05, 0.1) is 6.04 Å². The van der Waals surface area contributed by atoms with Crippen LogP contribution >= 0.6 is 0 Å². The maximum atomic E-state index is 12.7. The molecular formula is C18H23NO2. The van der Waals surface area contributed by atoms with Crippen molar-refractivity contribution in [2.75, 3.05) is 0 Å². The highest BCUT2D eigenvalue weighted by molar-refractivity contribution is 5.70. The SMILES string of the molecule is CC(C)(C)OC(=O)N1C2CC=CCC1c1ccccc1C2. The van der Waals surface area contributed by atoms with E-state index >= 15 is 0 Å². The number of benzene rings is 1. The second-order valence-corrected chi connectivity index (χ2v) is 6.90. The number of ether oxygens (including phenoxy) is 1. The maximum Gasteiger partial charge on any atom is 0.411 e. The Balaban J connectivity index is 1.96. The van der Waals surface area contributed by atoms with Gasteiger partial charge in [-0.15, -0.1) is 0 Å². The first-order valence-electron chi connectivity index (χ1n) is 7.70. The van der Waals surface area contributed by atoms with E-state index in [9.17, 15) is 4.79 Å². The van der Waals surface area contributed by atoms with Crippen LogP contribution in [-0.2, 0) is 11.2 Å². The smallest absolute Gasteiger partial charge is 0.411 e. The van der Waals surface area contributed by atoms with E-state index in [0.29, 0.717) is 0 Å². The number of hydrogen-bond acceptors (Lipinski definition) is 2. The molecule has 2 bridgehead atoms. The van der Waals surface area contributed by atoms with E-state index in [1.165, 1.54) is 11.1 Å². The van der Waals surface area contributed by atoms with Gasteiger partial charge in [-0.25, -0.2) is 4.79 Å². The van der Waals surface area contributed by atoms with E-state index in [1.807, 2.05) is 25.7 Å². The Labute approximate surface area is 126 Å². The summed E-state index contributed by atoms with van der Waals surface area (Å²) in [4.78, 5) is 14.6. The summed E-state index contributed by atoms with van der Waals surface area (Å²) in [6.45, 7) is 5.76. The number of rotatable bonds is 0. The van der Waals surface area contributed by atoms with Crippen molar-refractivity contribution >= 4 is 6.09 Å². The van der Waals surface area contributed by atoms with E-state index in [0.717, 1.165) is 19.3 Å². The Morgan fingerprint density at radius 3 is 2.67 bits per heavy atom. The van der Waals surface area contributed by atoms with Crippen LogP contribution in [0.1, 0.15) is 50.8 Å². The van der Waals surface area contributed by atoms with Crippen LogP contribution in [0.3, 0.4) is 0 Å². The predicted octanol–water partition coefficient (Wildman–Crippen LogP) is 4.24. The molecule has 1 aromatic carbocycles. The molecule has 0 aromatic heterocycles. The Morgan fingerprint density at radius 2 is 1.90 bits per heavy atom. The zero-order valence-corrected chi connectivity index (χ0v) is 13.0. The fraction of sp³-hybridized carbons (Fsp3) is 0.500. The quantitative estimate of drug-likeness (QED) is 0.667. The number of amides is 1. The fourth-order valence-electron chi connectivity index (χ4n) is 3.31. The molecular weight excluding hydrogens is 262 g/mol. The van der Waals surface area contributed by atoms with Gasteiger partial charge >= 0.3 is 6.09 Å². The van der Waals surface area contributed by atoms with Gasteiger partial charge in [-0.05, 0) is 51.2 Å². The number of carbonyl (C=O) groups excluding carboxylic acids is 1. The largest absolute Gasteiger partial charge is 0.444 e. The summed E-state index contributed by atoms with van der Waals surface area (Å²) < 4.78 is 5.64. The van der Waals surface area contributed by atoms with E-state index in [1.54, 1.807) is 0 Å². The van der Waals surface area contributed by atoms with E-state index in [-0.39, 0.29) is 18.2 Å². The molecule has 3 heteroatoms. The van der Waals surface area contributed by atoms with Crippen molar-refractivity contribution in [2.45, 2.75) is 57.7 Å². The molecule has 2 aliphatic heterocycles. The lowest BCUT2D eigenvalue weighted by Crippen LogP contribution is -2.48. The summed E-state index contributed by atoms with van der Waals surface area (Å²) in [6.07, 6.45) is 6.90. The second kappa shape index (κ2) is 5.21. The molecule has 112 valence electrons. The summed E-state index contributed by atoms with van der Waals surface area (Å²) in [5, 5.41) is 0. The maximum absolute atomic E-state index is 12.7. The predicted molar refractivity (Wildman–Crippen MR) is 83.1 cm³/mol. The van der Waals surface area contributed by atoms with Crippen molar-refractivity contribution in [1.82, 2.24) is 4.90 Å². The van der Waals surface area contributed by atoms with Crippen LogP contribution in [0.2, 0.25) is 0 Å². The molecule has 21 heavy (non-hydrogen) atoms. The first-order valence-corrected chi connectivity index (χ1v) is 7.70. The highest BCUT2D eigenvalue weighted by Gasteiger charge is 2.39. The summed E-state index contributed by atoms with van der Waals surface area (Å²) in [6, 6.07) is 8.79. The van der Waals surface area contributed by atoms with Crippen molar-refractivity contribution in [2.24, 2.45) is 0 Å². The highest BCUT2D eigenvalue weighted by atomic mass is 16.6. The second-order valence-electron chi connectivity index (χ2n) is 6.90. The van der Waals surface area contributed by atoms with Crippen molar-refractivity contribution in [3.8, 4) is 0 Å². The van der Waals surface area contributed by atoms with Crippen molar-refractivity contribution in [3.63, 3.8) is 0 Å². The van der Waals surface area contributed by atoms with Gasteiger partial charge in [-0.2, -0.15) is 0 Å². The minimum absolute atomic E-state index is 0.105. The molecule has 2 unspecified atom stereocenters. The Kier molecular flexibility index (Phi) is 3.52. The van der Waals surface area contributed by atoms with Crippen molar-refractivity contribution in [3.05, 3.63) is 47.5 Å². The molecule has 3 rings (SSSR count). The molecule has 1 aromatic rings. The first kappa shape index (κ1) is 14.2. The molecule has 0 radical (unpaired) electrons. The van der Waals surface area contributed by atoms with Crippen LogP contribution in [0, 0.1) is 0 Å². The zero-order chi connectivity index (χ0) is 15.0. The van der Waals surface area contributed by atoms with Crippen molar-refractivity contribution < 1.29 is 9.53 Å². The lowest BCUT2D eigenvalue weighted by Gasteiger charge is -2.42. The molecule has 0 saturated heterocycles. The van der Waals surface area contributed by atoms with Gasteiger partial charge in [-0.3, -0.25) is 4.90 Å². The highest BCUT2D eigenvalue weighted by Crippen LogP contribution is 2.39. The summed E-state index contributed by atoms with van der Waals surface area (Å²) >= 11 is 0. The Hall–Kier alpha value is -1.77. The van der Waals surface area contributed by atoms with Gasteiger partial charge in [0.1, 0.15) is 5.60 Å². The lowest BCUT2D eigenvalue weighted by molar-refractivity contribution is 0.00286. The lowest BCUT2D eigenvalue weighted by atomic mass is 9.87. The molecule has 2 aliphatic rings. The topological polar surface area (TPSA) is 29.5 Å². The van der Waals surface area contributed by atoms with Crippen LogP contribution in [0.25, 0.3) is 0 Å². The van der Waals surface area contributed by atoms with Gasteiger partial charge in [0.15, 0.2) is 0 Å². The fourth-order valence-corrected chi connectivity index (χ4v) is 3.31. The third-order valence-corrected chi connectivity index (χ3v) is 4.14. The summed E-state index contributed by atoms with van der Waals surface area (Å²) in [5.74, 6) is 0. The molecule has 2 heterocycles. The molecule has 3 nitrogen and oxygen atoms in total.